The first kappa shape index (κ1) is 15.0. The lowest BCUT2D eigenvalue weighted by atomic mass is 10.2. The summed E-state index contributed by atoms with van der Waals surface area (Å²) in [6, 6.07) is 9.27. The van der Waals surface area contributed by atoms with E-state index in [4.69, 9.17) is 0 Å². The van der Waals surface area contributed by atoms with E-state index in [9.17, 15) is 13.2 Å². The molecule has 1 N–H and O–H groups in total. The van der Waals surface area contributed by atoms with Crippen molar-refractivity contribution in [1.82, 2.24) is 0 Å². The number of carbonyl (C=O) groups is 1. The highest BCUT2D eigenvalue weighted by molar-refractivity contribution is 8.71. The van der Waals surface area contributed by atoms with E-state index < -0.39 is 8.87 Å². The first-order valence-corrected chi connectivity index (χ1v) is 9.06. The van der Waals surface area contributed by atoms with E-state index in [1.54, 1.807) is 0 Å². The van der Waals surface area contributed by atoms with E-state index in [1.807, 2.05) is 30.3 Å². The molecule has 0 unspecified atom stereocenters. The normalized spacial score (nSPS) is 11.2. The zero-order valence-corrected chi connectivity index (χ0v) is 11.9. The molecule has 0 radical (unpaired) electrons. The minimum atomic E-state index is -2.96. The second kappa shape index (κ2) is 7.43. The fourth-order valence-electron chi connectivity index (χ4n) is 1.34. The number of amides is 1. The Labute approximate surface area is 111 Å². The monoisotopic (exact) mass is 287 g/mol. The number of rotatable bonds is 7. The van der Waals surface area contributed by atoms with Gasteiger partial charge in [0.2, 0.25) is 5.91 Å². The summed E-state index contributed by atoms with van der Waals surface area (Å²) in [5, 5.41) is 2.79. The summed E-state index contributed by atoms with van der Waals surface area (Å²) in [4.78, 5) is 11.5. The Morgan fingerprint density at radius 2 is 1.89 bits per heavy atom. The van der Waals surface area contributed by atoms with Crippen molar-refractivity contribution >= 4 is 31.3 Å². The standard InChI is InChI=1S/C12H17NO3S2/c1-18(15,16)17-10-6-5-9-12(14)13-11-7-3-2-4-8-11/h2-4,7-8H,5-6,9-10H2,1H3,(H,13,14). The number of hydrogen-bond acceptors (Lipinski definition) is 4. The smallest absolute Gasteiger partial charge is 0.224 e. The van der Waals surface area contributed by atoms with Crippen molar-refractivity contribution in [3.63, 3.8) is 0 Å². The molecule has 18 heavy (non-hydrogen) atoms. The lowest BCUT2D eigenvalue weighted by molar-refractivity contribution is -0.116. The maximum atomic E-state index is 11.5. The molecule has 1 rings (SSSR count). The molecule has 0 saturated carbocycles. The molecule has 6 heteroatoms. The molecular formula is C12H17NO3S2. The number of anilines is 1. The highest BCUT2D eigenvalue weighted by Crippen LogP contribution is 2.13. The Kier molecular flexibility index (Phi) is 6.21. The molecule has 0 atom stereocenters. The van der Waals surface area contributed by atoms with E-state index in [2.05, 4.69) is 5.32 Å². The molecule has 1 amide bonds. The third-order valence-electron chi connectivity index (χ3n) is 2.15. The number of para-hydroxylation sites is 1. The summed E-state index contributed by atoms with van der Waals surface area (Å²) in [7, 11) is -2.03. The molecule has 0 spiro atoms. The Morgan fingerprint density at radius 1 is 1.22 bits per heavy atom. The summed E-state index contributed by atoms with van der Waals surface area (Å²) in [5.74, 6) is 0.503. The molecule has 0 heterocycles. The van der Waals surface area contributed by atoms with Crippen molar-refractivity contribution < 1.29 is 13.2 Å². The molecule has 0 aliphatic carbocycles. The van der Waals surface area contributed by atoms with Crippen LogP contribution in [0.4, 0.5) is 5.69 Å². The lowest BCUT2D eigenvalue weighted by Gasteiger charge is -2.04. The van der Waals surface area contributed by atoms with Gasteiger partial charge in [-0.1, -0.05) is 18.2 Å². The number of benzene rings is 1. The van der Waals surface area contributed by atoms with Crippen molar-refractivity contribution in [1.29, 1.82) is 0 Å². The number of hydrogen-bond donors (Lipinski definition) is 1. The quantitative estimate of drug-likeness (QED) is 0.618. The number of nitrogens with one attached hydrogen (secondary N) is 1. The second-order valence-corrected chi connectivity index (χ2v) is 8.47. The SMILES string of the molecule is CS(=O)(=O)SCCCCC(=O)Nc1ccccc1. The summed E-state index contributed by atoms with van der Waals surface area (Å²) >= 11 is 0. The van der Waals surface area contributed by atoms with Crippen LogP contribution in [0.25, 0.3) is 0 Å². The van der Waals surface area contributed by atoms with Crippen LogP contribution in [0.1, 0.15) is 19.3 Å². The lowest BCUT2D eigenvalue weighted by Crippen LogP contribution is -2.11. The Hall–Kier alpha value is -1.01. The summed E-state index contributed by atoms with van der Waals surface area (Å²) < 4.78 is 21.7. The molecule has 0 saturated heterocycles. The summed E-state index contributed by atoms with van der Waals surface area (Å²) in [6.07, 6.45) is 3.03. The van der Waals surface area contributed by atoms with Gasteiger partial charge in [0.25, 0.3) is 0 Å². The average Bonchev–Trinajstić information content (AvgIpc) is 2.28. The maximum Gasteiger partial charge on any atom is 0.224 e. The van der Waals surface area contributed by atoms with Crippen molar-refractivity contribution in [2.45, 2.75) is 19.3 Å². The van der Waals surface area contributed by atoms with Gasteiger partial charge in [-0.05, 0) is 35.8 Å². The van der Waals surface area contributed by atoms with Crippen molar-refractivity contribution in [2.75, 3.05) is 17.3 Å². The topological polar surface area (TPSA) is 63.2 Å². The van der Waals surface area contributed by atoms with Gasteiger partial charge in [-0.25, -0.2) is 8.42 Å². The summed E-state index contributed by atoms with van der Waals surface area (Å²) in [5.41, 5.74) is 0.785. The highest BCUT2D eigenvalue weighted by Gasteiger charge is 2.04. The van der Waals surface area contributed by atoms with Gasteiger partial charge in [-0.15, -0.1) is 0 Å². The Bertz CT molecular complexity index is 471. The summed E-state index contributed by atoms with van der Waals surface area (Å²) in [6.45, 7) is 0. The molecule has 4 nitrogen and oxygen atoms in total. The molecule has 0 aliphatic heterocycles. The van der Waals surface area contributed by atoms with Crippen LogP contribution in [0.15, 0.2) is 30.3 Å². The predicted octanol–water partition coefficient (Wildman–Crippen LogP) is 2.49. The highest BCUT2D eigenvalue weighted by atomic mass is 33.1. The predicted molar refractivity (Wildman–Crippen MR) is 76.2 cm³/mol. The van der Waals surface area contributed by atoms with Crippen LogP contribution in [0, 0.1) is 0 Å². The van der Waals surface area contributed by atoms with Crippen molar-refractivity contribution in [2.24, 2.45) is 0 Å². The first-order valence-electron chi connectivity index (χ1n) is 5.67. The molecule has 1 aromatic carbocycles. The van der Waals surface area contributed by atoms with Gasteiger partial charge < -0.3 is 5.32 Å². The fourth-order valence-corrected chi connectivity index (χ4v) is 3.23. The molecular weight excluding hydrogens is 270 g/mol. The molecule has 0 aliphatic rings. The van der Waals surface area contributed by atoms with Gasteiger partial charge in [0.1, 0.15) is 0 Å². The minimum absolute atomic E-state index is 0.0365. The molecule has 0 bridgehead atoms. The van der Waals surface area contributed by atoms with Crippen molar-refractivity contribution in [3.05, 3.63) is 30.3 Å². The minimum Gasteiger partial charge on any atom is -0.326 e. The first-order chi connectivity index (χ1) is 8.47. The molecule has 0 aromatic heterocycles. The zero-order chi connectivity index (χ0) is 13.4. The number of unbranched alkanes of at least 4 members (excludes halogenated alkanes) is 1. The maximum absolute atomic E-state index is 11.5. The van der Waals surface area contributed by atoms with Gasteiger partial charge in [-0.2, -0.15) is 0 Å². The average molecular weight is 287 g/mol. The Morgan fingerprint density at radius 3 is 2.50 bits per heavy atom. The van der Waals surface area contributed by atoms with Crippen LogP contribution in [-0.4, -0.2) is 26.3 Å². The van der Waals surface area contributed by atoms with Crippen LogP contribution in [0.3, 0.4) is 0 Å². The van der Waals surface area contributed by atoms with Gasteiger partial charge in [0, 0.05) is 24.1 Å². The van der Waals surface area contributed by atoms with Crippen LogP contribution < -0.4 is 5.32 Å². The van der Waals surface area contributed by atoms with Gasteiger partial charge in [0.05, 0.1) is 0 Å². The van der Waals surface area contributed by atoms with E-state index >= 15 is 0 Å². The Balaban J connectivity index is 2.15. The zero-order valence-electron chi connectivity index (χ0n) is 10.3. The van der Waals surface area contributed by atoms with Crippen LogP contribution in [0.5, 0.6) is 0 Å². The van der Waals surface area contributed by atoms with Gasteiger partial charge >= 0.3 is 0 Å². The van der Waals surface area contributed by atoms with E-state index in [0.29, 0.717) is 18.6 Å². The van der Waals surface area contributed by atoms with E-state index in [0.717, 1.165) is 22.9 Å². The third kappa shape index (κ3) is 7.34. The largest absolute Gasteiger partial charge is 0.326 e. The molecule has 0 fully saturated rings. The van der Waals surface area contributed by atoms with E-state index in [1.165, 1.54) is 6.26 Å². The van der Waals surface area contributed by atoms with Gasteiger partial charge in [0.15, 0.2) is 8.87 Å². The van der Waals surface area contributed by atoms with E-state index in [-0.39, 0.29) is 5.91 Å². The third-order valence-corrected chi connectivity index (χ3v) is 4.82. The van der Waals surface area contributed by atoms with Crippen LogP contribution >= 0.6 is 10.8 Å². The van der Waals surface area contributed by atoms with Crippen LogP contribution in [0.2, 0.25) is 0 Å². The van der Waals surface area contributed by atoms with Crippen LogP contribution in [-0.2, 0) is 13.7 Å². The van der Waals surface area contributed by atoms with Crippen molar-refractivity contribution in [3.8, 4) is 0 Å². The van der Waals surface area contributed by atoms with Gasteiger partial charge in [-0.3, -0.25) is 4.79 Å². The molecule has 100 valence electrons. The second-order valence-electron chi connectivity index (χ2n) is 3.90. The molecule has 1 aromatic rings. The number of carbonyl (C=O) groups excluding carboxylic acids is 1. The fraction of sp³-hybridized carbons (Fsp3) is 0.417.